The smallest absolute Gasteiger partial charge is 0.394 e. The number of benzene rings is 2. The molecular formula is C28H37F2N3O3. The first-order valence-electron chi connectivity index (χ1n) is 12.9. The van der Waals surface area contributed by atoms with Crippen molar-refractivity contribution >= 4 is 11.6 Å². The van der Waals surface area contributed by atoms with Crippen LogP contribution in [-0.2, 0) is 11.3 Å². The van der Waals surface area contributed by atoms with E-state index in [9.17, 15) is 18.7 Å². The monoisotopic (exact) mass is 501 g/mol. The Morgan fingerprint density at radius 3 is 2.25 bits per heavy atom. The lowest BCUT2D eigenvalue weighted by molar-refractivity contribution is -0.158. The number of phenols is 1. The van der Waals surface area contributed by atoms with Gasteiger partial charge in [0, 0.05) is 44.7 Å². The second-order valence-corrected chi connectivity index (χ2v) is 10.1. The largest absolute Gasteiger partial charge is 0.508 e. The van der Waals surface area contributed by atoms with Gasteiger partial charge in [0.25, 0.3) is 0 Å². The van der Waals surface area contributed by atoms with Gasteiger partial charge in [0.1, 0.15) is 11.5 Å². The van der Waals surface area contributed by atoms with Crippen molar-refractivity contribution in [1.29, 1.82) is 0 Å². The molecule has 2 aliphatic heterocycles. The van der Waals surface area contributed by atoms with Gasteiger partial charge in [0.05, 0.1) is 0 Å². The third-order valence-electron chi connectivity index (χ3n) is 7.27. The molecule has 4 rings (SSSR count). The van der Waals surface area contributed by atoms with Crippen LogP contribution >= 0.6 is 0 Å². The zero-order valence-corrected chi connectivity index (χ0v) is 21.0. The Morgan fingerprint density at radius 2 is 1.64 bits per heavy atom. The number of hydrogen-bond acceptors (Lipinski definition) is 5. The fraction of sp³-hybridized carbons (Fsp3) is 0.536. The van der Waals surface area contributed by atoms with Gasteiger partial charge < -0.3 is 20.1 Å². The number of aromatic hydroxyl groups is 1. The van der Waals surface area contributed by atoms with Gasteiger partial charge in [-0.3, -0.25) is 9.69 Å². The number of likely N-dealkylation sites (tertiary alicyclic amines) is 1. The first-order valence-corrected chi connectivity index (χ1v) is 12.9. The molecular weight excluding hydrogens is 464 g/mol. The summed E-state index contributed by atoms with van der Waals surface area (Å²) in [7, 11) is 0. The van der Waals surface area contributed by atoms with Crippen LogP contribution in [0.4, 0.5) is 14.5 Å². The highest BCUT2D eigenvalue weighted by molar-refractivity contribution is 5.79. The van der Waals surface area contributed by atoms with Gasteiger partial charge in [-0.1, -0.05) is 12.1 Å². The zero-order chi connectivity index (χ0) is 25.5. The number of rotatable bonds is 9. The van der Waals surface area contributed by atoms with Gasteiger partial charge in [0.2, 0.25) is 5.91 Å². The van der Waals surface area contributed by atoms with Gasteiger partial charge in [0.15, 0.2) is 0 Å². The van der Waals surface area contributed by atoms with Crippen LogP contribution in [0, 0.1) is 11.8 Å². The van der Waals surface area contributed by atoms with Crippen LogP contribution in [0.5, 0.6) is 11.5 Å². The van der Waals surface area contributed by atoms with E-state index in [1.54, 1.807) is 36.4 Å². The van der Waals surface area contributed by atoms with E-state index in [1.165, 1.54) is 5.56 Å². The molecule has 1 amide bonds. The highest BCUT2D eigenvalue weighted by Crippen LogP contribution is 2.28. The Morgan fingerprint density at radius 1 is 1.00 bits per heavy atom. The third kappa shape index (κ3) is 7.82. The highest BCUT2D eigenvalue weighted by Gasteiger charge is 2.26. The van der Waals surface area contributed by atoms with E-state index in [2.05, 4.69) is 19.9 Å². The molecule has 8 heteroatoms. The number of hydrogen-bond donors (Lipinski definition) is 2. The van der Waals surface area contributed by atoms with Crippen molar-refractivity contribution in [3.8, 4) is 11.5 Å². The predicted molar refractivity (Wildman–Crippen MR) is 136 cm³/mol. The van der Waals surface area contributed by atoms with E-state index in [4.69, 9.17) is 0 Å². The van der Waals surface area contributed by atoms with Crippen molar-refractivity contribution in [3.63, 3.8) is 0 Å². The summed E-state index contributed by atoms with van der Waals surface area (Å²) < 4.78 is 30.6. The minimum Gasteiger partial charge on any atom is -0.508 e. The van der Waals surface area contributed by atoms with Crippen LogP contribution in [0.25, 0.3) is 0 Å². The Balaban J connectivity index is 1.11. The highest BCUT2D eigenvalue weighted by atomic mass is 19.3. The van der Waals surface area contributed by atoms with Gasteiger partial charge in [-0.05, 0) is 93.1 Å². The number of piperidine rings is 2. The fourth-order valence-corrected chi connectivity index (χ4v) is 5.17. The number of anilines is 1. The fourth-order valence-electron chi connectivity index (χ4n) is 5.17. The molecule has 6 nitrogen and oxygen atoms in total. The number of carbonyl (C=O) groups is 1. The van der Waals surface area contributed by atoms with Crippen molar-refractivity contribution < 1.29 is 23.4 Å². The number of alkyl halides is 2. The lowest BCUT2D eigenvalue weighted by Crippen LogP contribution is -2.41. The second kappa shape index (κ2) is 11.9. The number of carbonyl (C=O) groups excluding carboxylic acids is 1. The summed E-state index contributed by atoms with van der Waals surface area (Å²) in [6, 6.07) is 14.1. The van der Waals surface area contributed by atoms with Gasteiger partial charge in [-0.15, -0.1) is 0 Å². The summed E-state index contributed by atoms with van der Waals surface area (Å²) in [5.41, 5.74) is 2.18. The third-order valence-corrected chi connectivity index (χ3v) is 7.27. The quantitative estimate of drug-likeness (QED) is 0.505. The minimum atomic E-state index is -3.20. The van der Waals surface area contributed by atoms with Crippen LogP contribution in [0.1, 0.15) is 44.6 Å². The molecule has 2 fully saturated rings. The molecule has 2 aromatic carbocycles. The molecule has 0 unspecified atom stereocenters. The molecule has 0 aromatic heterocycles. The SMILES string of the molecule is CC(F)(F)Oc1ccc(N2CCC(C(=O)NCCC3CCN(Cc4ccc(O)cc4)CC3)CC2)cc1. The molecule has 0 spiro atoms. The van der Waals surface area contributed by atoms with E-state index in [0.29, 0.717) is 11.7 Å². The normalized spacial score (nSPS) is 18.2. The van der Waals surface area contributed by atoms with Crippen molar-refractivity contribution in [1.82, 2.24) is 10.2 Å². The van der Waals surface area contributed by atoms with Crippen LogP contribution < -0.4 is 15.0 Å². The summed E-state index contributed by atoms with van der Waals surface area (Å²) in [5.74, 6) is 1.25. The lowest BCUT2D eigenvalue weighted by atomic mass is 9.92. The molecule has 0 atom stereocenters. The number of ether oxygens (including phenoxy) is 1. The zero-order valence-electron chi connectivity index (χ0n) is 21.0. The predicted octanol–water partition coefficient (Wildman–Crippen LogP) is 5.02. The van der Waals surface area contributed by atoms with Gasteiger partial charge >= 0.3 is 6.11 Å². The minimum absolute atomic E-state index is 0.0230. The summed E-state index contributed by atoms with van der Waals surface area (Å²) in [4.78, 5) is 17.3. The van der Waals surface area contributed by atoms with Crippen molar-refractivity contribution in [2.24, 2.45) is 11.8 Å². The molecule has 0 radical (unpaired) electrons. The standard InChI is InChI=1S/C28H37F2N3O3/c1-28(29,30)36-26-8-4-24(5-9-26)33-18-13-23(14-19-33)27(35)31-15-10-21-11-16-32(17-12-21)20-22-2-6-25(34)7-3-22/h2-9,21,23,34H,10-20H2,1H3,(H,31,35). The van der Waals surface area contributed by atoms with E-state index < -0.39 is 6.11 Å². The van der Waals surface area contributed by atoms with Crippen LogP contribution in [-0.4, -0.2) is 54.7 Å². The molecule has 2 heterocycles. The number of amides is 1. The Hall–Kier alpha value is -2.87. The maximum atomic E-state index is 13.0. The second-order valence-electron chi connectivity index (χ2n) is 10.1. The topological polar surface area (TPSA) is 65.0 Å². The number of phenolic OH excluding ortho intramolecular Hbond substituents is 1. The molecule has 36 heavy (non-hydrogen) atoms. The molecule has 0 aliphatic carbocycles. The van der Waals surface area contributed by atoms with E-state index in [0.717, 1.165) is 84.0 Å². The van der Waals surface area contributed by atoms with Crippen molar-refractivity contribution in [3.05, 3.63) is 54.1 Å². The van der Waals surface area contributed by atoms with Crippen LogP contribution in [0.15, 0.2) is 48.5 Å². The van der Waals surface area contributed by atoms with Crippen LogP contribution in [0.3, 0.4) is 0 Å². The summed E-state index contributed by atoms with van der Waals surface area (Å²) in [6.45, 7) is 6.02. The van der Waals surface area contributed by atoms with Crippen LogP contribution in [0.2, 0.25) is 0 Å². The van der Waals surface area contributed by atoms with Gasteiger partial charge in [-0.2, -0.15) is 8.78 Å². The molecule has 2 aliphatic rings. The van der Waals surface area contributed by atoms with E-state index in [1.807, 2.05) is 12.1 Å². The first-order chi connectivity index (χ1) is 17.2. The Kier molecular flexibility index (Phi) is 8.67. The maximum absolute atomic E-state index is 13.0. The summed E-state index contributed by atoms with van der Waals surface area (Å²) in [5, 5.41) is 12.6. The molecule has 0 bridgehead atoms. The first kappa shape index (κ1) is 26.2. The maximum Gasteiger partial charge on any atom is 0.394 e. The molecule has 2 aromatic rings. The molecule has 0 saturated carbocycles. The summed E-state index contributed by atoms with van der Waals surface area (Å²) >= 11 is 0. The molecule has 2 N–H and O–H groups in total. The average molecular weight is 502 g/mol. The Labute approximate surface area is 212 Å². The van der Waals surface area contributed by atoms with Crippen molar-refractivity contribution in [2.45, 2.75) is 51.7 Å². The lowest BCUT2D eigenvalue weighted by Gasteiger charge is -2.33. The number of halogens is 2. The number of nitrogens with zero attached hydrogens (tertiary/aromatic N) is 2. The summed E-state index contributed by atoms with van der Waals surface area (Å²) in [6.07, 6.45) is 1.68. The molecule has 2 saturated heterocycles. The average Bonchev–Trinajstić information content (AvgIpc) is 2.86. The molecule has 196 valence electrons. The van der Waals surface area contributed by atoms with E-state index >= 15 is 0 Å². The van der Waals surface area contributed by atoms with Gasteiger partial charge in [-0.25, -0.2) is 0 Å². The Bertz CT molecular complexity index is 963. The van der Waals surface area contributed by atoms with E-state index in [-0.39, 0.29) is 17.6 Å². The number of nitrogens with one attached hydrogen (secondary N) is 1. The van der Waals surface area contributed by atoms with Crippen molar-refractivity contribution in [2.75, 3.05) is 37.6 Å².